The topological polar surface area (TPSA) is 203 Å². The van der Waals surface area contributed by atoms with Crippen molar-refractivity contribution in [3.63, 3.8) is 0 Å². The summed E-state index contributed by atoms with van der Waals surface area (Å²) in [6.45, 7) is 4.11. The van der Waals surface area contributed by atoms with E-state index in [0.29, 0.717) is 21.7 Å². The van der Waals surface area contributed by atoms with Gasteiger partial charge in [-0.1, -0.05) is 29.8 Å². The van der Waals surface area contributed by atoms with Crippen LogP contribution in [0.2, 0.25) is 0 Å². The third kappa shape index (κ3) is 7.00. The summed E-state index contributed by atoms with van der Waals surface area (Å²) in [6, 6.07) is 13.9. The number of hydrogen-bond donors (Lipinski definition) is 6. The maximum absolute atomic E-state index is 13.4. The lowest BCUT2D eigenvalue weighted by atomic mass is 9.96. The standard InChI is InChI=1S/C26H32N6O5S2/c1-15-11-16(2)22(17(3)12-15)39(36,37)32-26(9-10-33,24(27)35)14-30-23(34)21-8-7-20(38-21)18-5-4-6-19(13-18)31-25(28)29/h4-8,11-13,32-33H,9-10,14H2,1-3H3,(H2,27,35)(H,30,34)(H4,28,29,31). The molecule has 2 amide bonds. The number of aliphatic imine (C=N–C) groups is 1. The summed E-state index contributed by atoms with van der Waals surface area (Å²) in [5.41, 5.74) is 17.8. The molecule has 1 atom stereocenters. The van der Waals surface area contributed by atoms with Gasteiger partial charge in [0.2, 0.25) is 15.9 Å². The molecule has 0 bridgehead atoms. The van der Waals surface area contributed by atoms with Crippen molar-refractivity contribution in [3.8, 4) is 10.4 Å². The molecule has 0 aliphatic heterocycles. The van der Waals surface area contributed by atoms with Crippen molar-refractivity contribution in [1.29, 1.82) is 0 Å². The van der Waals surface area contributed by atoms with Gasteiger partial charge in [-0.25, -0.2) is 13.4 Å². The monoisotopic (exact) mass is 572 g/mol. The van der Waals surface area contributed by atoms with E-state index in [0.717, 1.165) is 16.0 Å². The molecule has 0 aliphatic carbocycles. The molecule has 1 unspecified atom stereocenters. The van der Waals surface area contributed by atoms with Crippen LogP contribution < -0.4 is 27.2 Å². The molecule has 9 N–H and O–H groups in total. The molecule has 1 heterocycles. The highest BCUT2D eigenvalue weighted by atomic mass is 32.2. The fourth-order valence-corrected chi connectivity index (χ4v) is 7.11. The van der Waals surface area contributed by atoms with Crippen LogP contribution in [0.25, 0.3) is 10.4 Å². The number of benzene rings is 2. The predicted octanol–water partition coefficient (Wildman–Crippen LogP) is 1.56. The molecule has 0 spiro atoms. The number of aryl methyl sites for hydroxylation is 3. The van der Waals surface area contributed by atoms with Gasteiger partial charge in [-0.05, 0) is 61.7 Å². The lowest BCUT2D eigenvalue weighted by Gasteiger charge is -2.31. The maximum atomic E-state index is 13.4. The predicted molar refractivity (Wildman–Crippen MR) is 152 cm³/mol. The van der Waals surface area contributed by atoms with Gasteiger partial charge in [-0.15, -0.1) is 11.3 Å². The molecule has 3 aromatic rings. The lowest BCUT2D eigenvalue weighted by molar-refractivity contribution is -0.124. The number of sulfonamides is 1. The smallest absolute Gasteiger partial charge is 0.261 e. The highest BCUT2D eigenvalue weighted by Crippen LogP contribution is 2.31. The number of carbonyl (C=O) groups is 2. The fourth-order valence-electron chi connectivity index (χ4n) is 4.34. The zero-order valence-electron chi connectivity index (χ0n) is 21.8. The van der Waals surface area contributed by atoms with E-state index in [9.17, 15) is 23.1 Å². The number of carbonyl (C=O) groups excluding carboxylic acids is 2. The lowest BCUT2D eigenvalue weighted by Crippen LogP contribution is -2.63. The van der Waals surface area contributed by atoms with Crippen LogP contribution in [0.1, 0.15) is 32.8 Å². The normalized spacial score (nSPS) is 12.9. The Morgan fingerprint density at radius 1 is 1.03 bits per heavy atom. The third-order valence-corrected chi connectivity index (χ3v) is 8.96. The minimum absolute atomic E-state index is 0.00819. The summed E-state index contributed by atoms with van der Waals surface area (Å²) in [4.78, 5) is 30.7. The number of guanidine groups is 1. The summed E-state index contributed by atoms with van der Waals surface area (Å²) in [5, 5.41) is 12.3. The van der Waals surface area contributed by atoms with Crippen molar-refractivity contribution in [2.45, 2.75) is 37.6 Å². The number of nitrogens with one attached hydrogen (secondary N) is 2. The van der Waals surface area contributed by atoms with E-state index in [-0.39, 0.29) is 17.3 Å². The van der Waals surface area contributed by atoms with Crippen molar-refractivity contribution in [2.75, 3.05) is 13.2 Å². The number of thiophene rings is 1. The van der Waals surface area contributed by atoms with Gasteiger partial charge in [-0.2, -0.15) is 4.72 Å². The Morgan fingerprint density at radius 3 is 2.28 bits per heavy atom. The average molecular weight is 573 g/mol. The first kappa shape index (κ1) is 29.8. The molecular weight excluding hydrogens is 540 g/mol. The molecule has 11 nitrogen and oxygen atoms in total. The first-order valence-corrected chi connectivity index (χ1v) is 14.2. The van der Waals surface area contributed by atoms with Crippen LogP contribution in [0.15, 0.2) is 58.4 Å². The SMILES string of the molecule is Cc1cc(C)c(S(=O)(=O)NC(CCO)(CNC(=O)c2ccc(-c3cccc(N=C(N)N)c3)s2)C(N)=O)c(C)c1. The molecule has 1 aromatic heterocycles. The average Bonchev–Trinajstić information content (AvgIpc) is 3.31. The zero-order valence-corrected chi connectivity index (χ0v) is 23.4. The third-order valence-electron chi connectivity index (χ3n) is 5.98. The van der Waals surface area contributed by atoms with Crippen LogP contribution in [0.4, 0.5) is 5.69 Å². The summed E-state index contributed by atoms with van der Waals surface area (Å²) in [6.07, 6.45) is -0.348. The van der Waals surface area contributed by atoms with Crippen LogP contribution in [0, 0.1) is 20.8 Å². The van der Waals surface area contributed by atoms with Gasteiger partial charge in [0.25, 0.3) is 5.91 Å². The molecule has 3 rings (SSSR count). The van der Waals surface area contributed by atoms with Gasteiger partial charge in [0.1, 0.15) is 5.54 Å². The summed E-state index contributed by atoms with van der Waals surface area (Å²) >= 11 is 1.18. The number of amides is 2. The number of nitrogens with zero attached hydrogens (tertiary/aromatic N) is 1. The van der Waals surface area contributed by atoms with E-state index >= 15 is 0 Å². The van der Waals surface area contributed by atoms with Crippen molar-refractivity contribution >= 4 is 44.8 Å². The number of hydrogen-bond acceptors (Lipinski definition) is 7. The molecular formula is C26H32N6O5S2. The number of aliphatic hydroxyl groups is 1. The highest BCUT2D eigenvalue weighted by Gasteiger charge is 2.41. The van der Waals surface area contributed by atoms with Crippen LogP contribution in [0.5, 0.6) is 0 Å². The Hall–Kier alpha value is -3.78. The van der Waals surface area contributed by atoms with Crippen molar-refractivity contribution in [2.24, 2.45) is 22.2 Å². The van der Waals surface area contributed by atoms with Gasteiger partial charge >= 0.3 is 0 Å². The Kier molecular flexibility index (Phi) is 9.12. The highest BCUT2D eigenvalue weighted by molar-refractivity contribution is 7.89. The van der Waals surface area contributed by atoms with Crippen LogP contribution in [-0.2, 0) is 14.8 Å². The van der Waals surface area contributed by atoms with Crippen LogP contribution in [-0.4, -0.2) is 50.0 Å². The quantitative estimate of drug-likeness (QED) is 0.148. The molecule has 0 saturated heterocycles. The number of rotatable bonds is 11. The Morgan fingerprint density at radius 2 is 1.69 bits per heavy atom. The molecule has 208 valence electrons. The van der Waals surface area contributed by atoms with Gasteiger partial charge in [0.15, 0.2) is 5.96 Å². The van der Waals surface area contributed by atoms with E-state index in [1.54, 1.807) is 56.3 Å². The van der Waals surface area contributed by atoms with E-state index in [1.807, 2.05) is 13.0 Å². The van der Waals surface area contributed by atoms with Crippen LogP contribution >= 0.6 is 11.3 Å². The summed E-state index contributed by atoms with van der Waals surface area (Å²) < 4.78 is 29.2. The molecule has 2 aromatic carbocycles. The van der Waals surface area contributed by atoms with Gasteiger partial charge in [0.05, 0.1) is 15.5 Å². The molecule has 0 aliphatic rings. The van der Waals surface area contributed by atoms with E-state index in [1.165, 1.54) is 11.3 Å². The van der Waals surface area contributed by atoms with E-state index < -0.39 is 40.5 Å². The number of aliphatic hydroxyl groups excluding tert-OH is 1. The van der Waals surface area contributed by atoms with Gasteiger partial charge in [0, 0.05) is 24.4 Å². The Bertz CT molecular complexity index is 1510. The second kappa shape index (κ2) is 11.9. The fraction of sp³-hybridized carbons (Fsp3) is 0.269. The summed E-state index contributed by atoms with van der Waals surface area (Å²) in [7, 11) is -4.26. The minimum atomic E-state index is -4.26. The molecule has 0 fully saturated rings. The van der Waals surface area contributed by atoms with E-state index in [2.05, 4.69) is 15.0 Å². The molecule has 0 radical (unpaired) electrons. The maximum Gasteiger partial charge on any atom is 0.261 e. The van der Waals surface area contributed by atoms with Gasteiger partial charge in [-0.3, -0.25) is 9.59 Å². The largest absolute Gasteiger partial charge is 0.396 e. The van der Waals surface area contributed by atoms with Crippen molar-refractivity contribution < 1.29 is 23.1 Å². The van der Waals surface area contributed by atoms with Crippen molar-refractivity contribution in [3.05, 3.63) is 70.1 Å². The molecule has 13 heteroatoms. The molecule has 0 saturated carbocycles. The Labute approximate surface area is 231 Å². The number of nitrogens with two attached hydrogens (primary N) is 3. The first-order chi connectivity index (χ1) is 18.3. The molecule has 39 heavy (non-hydrogen) atoms. The summed E-state index contributed by atoms with van der Waals surface area (Å²) in [5.74, 6) is -1.66. The zero-order chi connectivity index (χ0) is 29.0. The van der Waals surface area contributed by atoms with Gasteiger partial charge < -0.3 is 27.6 Å². The van der Waals surface area contributed by atoms with Crippen LogP contribution in [0.3, 0.4) is 0 Å². The van der Waals surface area contributed by atoms with E-state index in [4.69, 9.17) is 17.2 Å². The minimum Gasteiger partial charge on any atom is -0.396 e. The number of primary amides is 1. The van der Waals surface area contributed by atoms with Crippen molar-refractivity contribution in [1.82, 2.24) is 10.0 Å². The second-order valence-corrected chi connectivity index (χ2v) is 11.9. The Balaban J connectivity index is 1.85. The second-order valence-electron chi connectivity index (χ2n) is 9.19. The first-order valence-electron chi connectivity index (χ1n) is 11.9.